The summed E-state index contributed by atoms with van der Waals surface area (Å²) in [6.45, 7) is 0.841. The summed E-state index contributed by atoms with van der Waals surface area (Å²) in [7, 11) is 0. The molecule has 2 unspecified atom stereocenters. The van der Waals surface area contributed by atoms with Crippen molar-refractivity contribution in [2.24, 2.45) is 0 Å². The lowest BCUT2D eigenvalue weighted by Gasteiger charge is -2.45. The number of alkyl halides is 3. The highest BCUT2D eigenvalue weighted by molar-refractivity contribution is 5.73. The van der Waals surface area contributed by atoms with Gasteiger partial charge in [0.05, 0.1) is 17.2 Å². The van der Waals surface area contributed by atoms with Gasteiger partial charge >= 0.3 is 6.18 Å². The topological polar surface area (TPSA) is 27.0 Å². The van der Waals surface area contributed by atoms with E-state index in [0.29, 0.717) is 23.6 Å². The van der Waals surface area contributed by atoms with E-state index in [1.807, 2.05) is 18.2 Å². The van der Waals surface area contributed by atoms with Crippen molar-refractivity contribution in [2.75, 3.05) is 0 Å². The normalized spacial score (nSPS) is 22.4. The second-order valence-corrected chi connectivity index (χ2v) is 7.58. The number of piperidine rings is 1. The van der Waals surface area contributed by atoms with Crippen molar-refractivity contribution in [2.45, 2.75) is 50.5 Å². The molecule has 2 nitrogen and oxygen atoms in total. The zero-order chi connectivity index (χ0) is 19.7. The molecule has 2 aromatic carbocycles. The molecule has 0 N–H and O–H groups in total. The van der Waals surface area contributed by atoms with Crippen LogP contribution in [-0.2, 0) is 12.7 Å². The van der Waals surface area contributed by atoms with Gasteiger partial charge in [-0.15, -0.1) is 0 Å². The Kier molecular flexibility index (Phi) is 4.99. The van der Waals surface area contributed by atoms with Crippen LogP contribution in [-0.4, -0.2) is 17.0 Å². The third-order valence-corrected chi connectivity index (χ3v) is 5.80. The summed E-state index contributed by atoms with van der Waals surface area (Å²) in [5, 5.41) is 9.42. The van der Waals surface area contributed by atoms with Gasteiger partial charge in [0.25, 0.3) is 0 Å². The molecule has 1 fully saturated rings. The van der Waals surface area contributed by atoms with E-state index in [4.69, 9.17) is 0 Å². The Labute approximate surface area is 162 Å². The number of halogens is 3. The Morgan fingerprint density at radius 1 is 1.07 bits per heavy atom. The fraction of sp³-hybridized carbons (Fsp3) is 0.348. The standard InChI is InChI=1S/C23H21F3N2/c24-23(25,26)19-10-9-17(14-27)22(13-19)18-11-20-7-4-8-21(12-18)28(20)15-16-5-2-1-3-6-16/h1-3,5-6,9-11,13,20-21H,4,7-8,12,15H2. The molecule has 2 heterocycles. The van der Waals surface area contributed by atoms with Crippen molar-refractivity contribution in [3.8, 4) is 6.07 Å². The molecule has 2 aliphatic heterocycles. The third kappa shape index (κ3) is 3.70. The minimum absolute atomic E-state index is 0.198. The predicted molar refractivity (Wildman–Crippen MR) is 102 cm³/mol. The van der Waals surface area contributed by atoms with Crippen molar-refractivity contribution in [3.05, 3.63) is 76.9 Å². The molecule has 28 heavy (non-hydrogen) atoms. The van der Waals surface area contributed by atoms with Crippen LogP contribution in [0.2, 0.25) is 0 Å². The highest BCUT2D eigenvalue weighted by Crippen LogP contribution is 2.40. The zero-order valence-electron chi connectivity index (χ0n) is 15.4. The summed E-state index contributed by atoms with van der Waals surface area (Å²) in [5.74, 6) is 0. The first kappa shape index (κ1) is 18.8. The molecule has 0 saturated carbocycles. The van der Waals surface area contributed by atoms with E-state index in [9.17, 15) is 18.4 Å². The van der Waals surface area contributed by atoms with Crippen LogP contribution in [0.5, 0.6) is 0 Å². The average molecular weight is 382 g/mol. The van der Waals surface area contributed by atoms with Crippen LogP contribution in [0.15, 0.2) is 54.6 Å². The van der Waals surface area contributed by atoms with Gasteiger partial charge in [-0.25, -0.2) is 0 Å². The van der Waals surface area contributed by atoms with Gasteiger partial charge in [0.1, 0.15) is 0 Å². The van der Waals surface area contributed by atoms with Gasteiger partial charge in [-0.1, -0.05) is 42.8 Å². The lowest BCUT2D eigenvalue weighted by Crippen LogP contribution is -2.47. The minimum Gasteiger partial charge on any atom is -0.289 e. The summed E-state index contributed by atoms with van der Waals surface area (Å²) < 4.78 is 39.6. The fourth-order valence-corrected chi connectivity index (χ4v) is 4.44. The highest BCUT2D eigenvalue weighted by atomic mass is 19.4. The van der Waals surface area contributed by atoms with Crippen LogP contribution in [0, 0.1) is 11.3 Å². The van der Waals surface area contributed by atoms with Crippen LogP contribution in [0.3, 0.4) is 0 Å². The third-order valence-electron chi connectivity index (χ3n) is 5.80. The second kappa shape index (κ2) is 7.44. The first-order chi connectivity index (χ1) is 13.5. The Morgan fingerprint density at radius 2 is 1.86 bits per heavy atom. The quantitative estimate of drug-likeness (QED) is 0.672. The number of benzene rings is 2. The van der Waals surface area contributed by atoms with E-state index in [1.54, 1.807) is 0 Å². The molecule has 0 radical (unpaired) electrons. The van der Waals surface area contributed by atoms with Crippen LogP contribution in [0.1, 0.15) is 47.9 Å². The molecule has 2 aliphatic rings. The summed E-state index contributed by atoms with van der Waals surface area (Å²) in [5.41, 5.74) is 2.18. The Balaban J connectivity index is 1.68. The SMILES string of the molecule is N#Cc1ccc(C(F)(F)F)cc1C1=CC2CCCC(C1)N2Cc1ccccc1. The van der Waals surface area contributed by atoms with Crippen LogP contribution in [0.4, 0.5) is 13.2 Å². The summed E-state index contributed by atoms with van der Waals surface area (Å²) in [6, 6.07) is 16.3. The molecule has 2 atom stereocenters. The summed E-state index contributed by atoms with van der Waals surface area (Å²) in [6.07, 6.45) is 1.51. The minimum atomic E-state index is -4.41. The van der Waals surface area contributed by atoms with E-state index < -0.39 is 11.7 Å². The molecule has 1 saturated heterocycles. The summed E-state index contributed by atoms with van der Waals surface area (Å²) in [4.78, 5) is 2.46. The van der Waals surface area contributed by atoms with Gasteiger partial charge in [-0.05, 0) is 54.2 Å². The molecular formula is C23H21F3N2. The Hall–Kier alpha value is -2.58. The average Bonchev–Trinajstić information content (AvgIpc) is 2.67. The molecule has 144 valence electrons. The van der Waals surface area contributed by atoms with Crippen LogP contribution >= 0.6 is 0 Å². The maximum Gasteiger partial charge on any atom is 0.416 e. The van der Waals surface area contributed by atoms with Gasteiger partial charge in [0, 0.05) is 18.6 Å². The number of nitriles is 1. The van der Waals surface area contributed by atoms with Gasteiger partial charge in [0.15, 0.2) is 0 Å². The van der Waals surface area contributed by atoms with Crippen LogP contribution in [0.25, 0.3) is 5.57 Å². The molecule has 2 bridgehead atoms. The van der Waals surface area contributed by atoms with Crippen molar-refractivity contribution in [1.29, 1.82) is 5.26 Å². The van der Waals surface area contributed by atoms with Crippen molar-refractivity contribution >= 4 is 5.57 Å². The number of hydrogen-bond acceptors (Lipinski definition) is 2. The van der Waals surface area contributed by atoms with Gasteiger partial charge in [0.2, 0.25) is 0 Å². The van der Waals surface area contributed by atoms with Crippen molar-refractivity contribution in [3.63, 3.8) is 0 Å². The first-order valence-electron chi connectivity index (χ1n) is 9.58. The maximum absolute atomic E-state index is 13.2. The maximum atomic E-state index is 13.2. The monoisotopic (exact) mass is 382 g/mol. The molecule has 4 rings (SSSR count). The molecule has 0 aliphatic carbocycles. The van der Waals surface area contributed by atoms with Crippen molar-refractivity contribution in [1.82, 2.24) is 4.90 Å². The number of hydrogen-bond donors (Lipinski definition) is 0. The van der Waals surface area contributed by atoms with E-state index in [-0.39, 0.29) is 6.04 Å². The highest BCUT2D eigenvalue weighted by Gasteiger charge is 2.36. The van der Waals surface area contributed by atoms with Gasteiger partial charge in [-0.3, -0.25) is 4.90 Å². The Bertz CT molecular complexity index is 925. The van der Waals surface area contributed by atoms with Gasteiger partial charge in [-0.2, -0.15) is 18.4 Å². The largest absolute Gasteiger partial charge is 0.416 e. The molecule has 0 spiro atoms. The van der Waals surface area contributed by atoms with E-state index >= 15 is 0 Å². The summed E-state index contributed by atoms with van der Waals surface area (Å²) >= 11 is 0. The lowest BCUT2D eigenvalue weighted by atomic mass is 9.81. The van der Waals surface area contributed by atoms with Crippen LogP contribution < -0.4 is 0 Å². The van der Waals surface area contributed by atoms with Crippen molar-refractivity contribution < 1.29 is 13.2 Å². The smallest absolute Gasteiger partial charge is 0.289 e. The van der Waals surface area contributed by atoms with E-state index in [2.05, 4.69) is 29.2 Å². The number of fused-ring (bicyclic) bond motifs is 2. The lowest BCUT2D eigenvalue weighted by molar-refractivity contribution is -0.137. The fourth-order valence-electron chi connectivity index (χ4n) is 4.44. The molecule has 0 amide bonds. The number of rotatable bonds is 3. The first-order valence-corrected chi connectivity index (χ1v) is 9.58. The van der Waals surface area contributed by atoms with Gasteiger partial charge < -0.3 is 0 Å². The molecular weight excluding hydrogens is 361 g/mol. The Morgan fingerprint density at radius 3 is 2.54 bits per heavy atom. The zero-order valence-corrected chi connectivity index (χ0v) is 15.4. The molecule has 2 aromatic rings. The molecule has 0 aromatic heterocycles. The predicted octanol–water partition coefficient (Wildman–Crippen LogP) is 5.79. The second-order valence-electron chi connectivity index (χ2n) is 7.58. The van der Waals surface area contributed by atoms with E-state index in [0.717, 1.165) is 43.5 Å². The molecule has 5 heteroatoms. The number of nitrogens with zero attached hydrogens (tertiary/aromatic N) is 2. The van der Waals surface area contributed by atoms with E-state index in [1.165, 1.54) is 11.6 Å².